The van der Waals surface area contributed by atoms with Gasteiger partial charge < -0.3 is 0 Å². The van der Waals surface area contributed by atoms with Crippen LogP contribution in [0, 0.1) is 19.8 Å². The summed E-state index contributed by atoms with van der Waals surface area (Å²) in [4.78, 5) is -0.278. The zero-order valence-electron chi connectivity index (χ0n) is 48.0. The van der Waals surface area contributed by atoms with Crippen molar-refractivity contribution in [1.82, 2.24) is 0 Å². The molecule has 0 amide bonds. The van der Waals surface area contributed by atoms with E-state index in [1.54, 1.807) is 31.2 Å². The van der Waals surface area contributed by atoms with Crippen LogP contribution in [-0.4, -0.2) is 0 Å². The molecular formula is C71H73F9I3VY4-2. The van der Waals surface area contributed by atoms with Crippen molar-refractivity contribution < 1.29 is 175 Å². The number of unbranched alkanes of at least 4 members (excludes halogenated alkanes) is 2. The molecule has 17 heteroatoms. The van der Waals surface area contributed by atoms with Crippen LogP contribution in [0.15, 0.2) is 219 Å². The van der Waals surface area contributed by atoms with Gasteiger partial charge in [0.25, 0.3) is 0 Å². The van der Waals surface area contributed by atoms with E-state index in [4.69, 9.17) is 0 Å². The van der Waals surface area contributed by atoms with Gasteiger partial charge in [0.05, 0.1) is 16.7 Å². The van der Waals surface area contributed by atoms with E-state index in [0.29, 0.717) is 29.4 Å². The molecule has 460 valence electrons. The zero-order valence-corrected chi connectivity index (χ0v) is 67.3. The SMILES string of the molecule is C.C.C=C[CH-]CCc1cccc2ccccc12.CC(CCCCc1cccc(C(F)(F)F)c1)c1cccc2ccccc12.CC(C[CH-]/C=C/c1cccc(C(F)(F)F)c1)c1cccc2ccccc12.Cc1cccc(C(F)(F)F)c1.[I][V]([I])[I].[Y].[Y].[Y].[Y]. The summed E-state index contributed by atoms with van der Waals surface area (Å²) in [5.74, 6) is 0.759. The molecule has 0 aliphatic carbocycles. The fraction of sp³-hybridized carbons (Fsp3) is 0.239. The Balaban J connectivity index is 0. The minimum Gasteiger partial charge on any atom is 0 e. The number of benzene rings is 9. The third kappa shape index (κ3) is 32.3. The van der Waals surface area contributed by atoms with Gasteiger partial charge in [-0.25, -0.2) is 37.6 Å². The Bertz CT molecular complexity index is 3410. The van der Waals surface area contributed by atoms with E-state index in [1.807, 2.05) is 36.8 Å². The molecule has 9 aromatic rings. The molecule has 0 saturated carbocycles. The number of halogens is 12. The second kappa shape index (κ2) is 46.6. The van der Waals surface area contributed by atoms with E-state index in [0.717, 1.165) is 68.4 Å². The molecule has 2 unspecified atom stereocenters. The largest absolute Gasteiger partial charge is 0 e. The van der Waals surface area contributed by atoms with E-state index in [1.165, 1.54) is 79.3 Å². The van der Waals surface area contributed by atoms with Crippen molar-refractivity contribution >= 4 is 98.3 Å². The summed E-state index contributed by atoms with van der Waals surface area (Å²) in [6.45, 7) is 9.72. The fourth-order valence-corrected chi connectivity index (χ4v) is 9.29. The molecule has 0 nitrogen and oxygen atoms in total. The molecule has 9 rings (SSSR count). The number of hydrogen-bond donors (Lipinski definition) is 0. The van der Waals surface area contributed by atoms with Crippen molar-refractivity contribution in [1.29, 1.82) is 0 Å². The molecule has 0 aliphatic heterocycles. The number of fused-ring (bicyclic) bond motifs is 3. The average Bonchev–Trinajstić information content (AvgIpc) is 2.54. The maximum atomic E-state index is 12.8. The van der Waals surface area contributed by atoms with Gasteiger partial charge in [0.15, 0.2) is 0 Å². The maximum absolute atomic E-state index is 12.8. The van der Waals surface area contributed by atoms with Gasteiger partial charge in [-0.15, -0.1) is 5.56 Å². The first kappa shape index (κ1) is 89.6. The molecule has 4 radical (unpaired) electrons. The molecule has 9 aromatic carbocycles. The number of alkyl halides is 9. The topological polar surface area (TPSA) is 0 Å². The maximum Gasteiger partial charge on any atom is 0 e. The van der Waals surface area contributed by atoms with Crippen LogP contribution in [0.1, 0.15) is 123 Å². The monoisotopic (exact) mass is 1880 g/mol. The van der Waals surface area contributed by atoms with Crippen molar-refractivity contribution in [2.24, 2.45) is 0 Å². The van der Waals surface area contributed by atoms with Gasteiger partial charge in [0, 0.05) is 131 Å². The minimum absolute atomic E-state index is 0. The first-order valence-electron chi connectivity index (χ1n) is 26.7. The Kier molecular flexibility index (Phi) is 47.5. The van der Waals surface area contributed by atoms with Crippen molar-refractivity contribution in [3.05, 3.63) is 282 Å². The zero-order chi connectivity index (χ0) is 59.7. The van der Waals surface area contributed by atoms with Gasteiger partial charge in [-0.05, 0) is 111 Å². The van der Waals surface area contributed by atoms with E-state index in [2.05, 4.69) is 196 Å². The normalized spacial score (nSPS) is 11.4. The predicted molar refractivity (Wildman–Crippen MR) is 362 cm³/mol. The summed E-state index contributed by atoms with van der Waals surface area (Å²) in [5.41, 5.74) is 4.23. The van der Waals surface area contributed by atoms with Crippen LogP contribution < -0.4 is 0 Å². The van der Waals surface area contributed by atoms with Crippen LogP contribution in [0.25, 0.3) is 38.4 Å². The number of hydrogen-bond acceptors (Lipinski definition) is 0. The summed E-state index contributed by atoms with van der Waals surface area (Å²) in [6, 6.07) is 60.7. The van der Waals surface area contributed by atoms with Gasteiger partial charge in [-0.3, -0.25) is 0 Å². The van der Waals surface area contributed by atoms with E-state index in [-0.39, 0.29) is 151 Å². The van der Waals surface area contributed by atoms with Crippen molar-refractivity contribution in [2.75, 3.05) is 0 Å². The smallest absolute Gasteiger partial charge is 0 e. The van der Waals surface area contributed by atoms with Gasteiger partial charge >= 0.3 is 83.4 Å². The molecule has 0 bridgehead atoms. The molecule has 0 saturated heterocycles. The standard InChI is InChI=1S/C23H23F3.C23H20F3.C15H15.C8H7F3.2CH4.3HI.V.4Y/c2*1-17(21-15-7-12-19-11-4-5-14-22(19)21)8-2-3-9-18-10-6-13-20(16-18)23(24,25)26;1-2-3-4-8-13-10-7-11-14-9-5-6-12-15(13)14;1-6-3-2-4-7(5-6)8(9,10)11;;;;;;;;;;/h4-7,10-17H,2-3,8-9H2,1H3;2-7,9-17H,8H2,1H3;2-3,5-7,9-12H,1,4,8H2;2-5H,1H3;2*1H4;3*1H;;;;;/q;2*-1;;;;;;;+3;;;;/p-3/b;9-3+;;;;;;;;;;;;. The van der Waals surface area contributed by atoms with Gasteiger partial charge in [0.2, 0.25) is 0 Å². The van der Waals surface area contributed by atoms with Crippen LogP contribution in [0.4, 0.5) is 39.5 Å². The predicted octanol–water partition coefficient (Wildman–Crippen LogP) is 25.7. The average molecular weight is 1880 g/mol. The quantitative estimate of drug-likeness (QED) is 0.0415. The van der Waals surface area contributed by atoms with Gasteiger partial charge in [0.1, 0.15) is 0 Å². The molecule has 0 aliphatic rings. The minimum atomic E-state index is -4.31. The van der Waals surface area contributed by atoms with Crippen LogP contribution >= 0.6 is 59.9 Å². The Morgan fingerprint density at radius 3 is 1.40 bits per heavy atom. The number of allylic oxidation sites excluding steroid dienone is 2. The fourth-order valence-electron chi connectivity index (χ4n) is 9.29. The van der Waals surface area contributed by atoms with Gasteiger partial charge in [-0.2, -0.15) is 39.5 Å². The summed E-state index contributed by atoms with van der Waals surface area (Å²) in [5, 5.41) is 7.71. The second-order valence-electron chi connectivity index (χ2n) is 19.5. The molecule has 88 heavy (non-hydrogen) atoms. The van der Waals surface area contributed by atoms with Crippen LogP contribution in [-0.2, 0) is 167 Å². The molecular weight excluding hydrogens is 1810 g/mol. The summed E-state index contributed by atoms with van der Waals surface area (Å²) in [7, 11) is 0. The third-order valence-corrected chi connectivity index (χ3v) is 13.4. The first-order valence-corrected chi connectivity index (χ1v) is 40.2. The summed E-state index contributed by atoms with van der Waals surface area (Å²) >= 11 is 7.39. The van der Waals surface area contributed by atoms with E-state index >= 15 is 0 Å². The van der Waals surface area contributed by atoms with E-state index in [9.17, 15) is 39.5 Å². The van der Waals surface area contributed by atoms with Crippen molar-refractivity contribution in [3.8, 4) is 0 Å². The Labute approximate surface area is 656 Å². The molecule has 0 N–H and O–H groups in total. The number of rotatable bonds is 15. The first-order chi connectivity index (χ1) is 39.0. The molecule has 2 atom stereocenters. The van der Waals surface area contributed by atoms with Crippen molar-refractivity contribution in [2.45, 2.75) is 111 Å². The van der Waals surface area contributed by atoms with Crippen molar-refractivity contribution in [3.63, 3.8) is 0 Å². The Hall–Kier alpha value is -0.460. The molecule has 0 fully saturated rings. The second-order valence-corrected chi connectivity index (χ2v) is 54.9. The molecule has 0 heterocycles. The summed E-state index contributed by atoms with van der Waals surface area (Å²) in [6.07, 6.45) is 3.34. The van der Waals surface area contributed by atoms with Gasteiger partial charge in [-0.1, -0.05) is 242 Å². The van der Waals surface area contributed by atoms with Crippen LogP contribution in [0.2, 0.25) is 0 Å². The molecule has 0 spiro atoms. The number of aryl methyl sites for hydroxylation is 3. The van der Waals surface area contributed by atoms with Crippen LogP contribution in [0.3, 0.4) is 0 Å². The van der Waals surface area contributed by atoms with E-state index < -0.39 is 35.2 Å². The Morgan fingerprint density at radius 1 is 0.477 bits per heavy atom. The molecule has 0 aromatic heterocycles. The third-order valence-electron chi connectivity index (χ3n) is 13.4. The Morgan fingerprint density at radius 2 is 0.898 bits per heavy atom. The van der Waals surface area contributed by atoms with Crippen LogP contribution in [0.5, 0.6) is 0 Å². The summed E-state index contributed by atoms with van der Waals surface area (Å²) < 4.78 is 112.